The van der Waals surface area contributed by atoms with Gasteiger partial charge in [0.2, 0.25) is 0 Å². The van der Waals surface area contributed by atoms with E-state index >= 15 is 0 Å². The highest BCUT2D eigenvalue weighted by molar-refractivity contribution is 7.98. The third-order valence-corrected chi connectivity index (χ3v) is 3.71. The second kappa shape index (κ2) is 6.36. The molecule has 0 radical (unpaired) electrons. The van der Waals surface area contributed by atoms with Crippen LogP contribution in [0.15, 0.2) is 53.4 Å². The molecule has 0 unspecified atom stereocenters. The molecule has 3 heteroatoms. The van der Waals surface area contributed by atoms with Gasteiger partial charge in [-0.3, -0.25) is 0 Å². The number of nitrogens with two attached hydrogens (primary N) is 1. The average molecular weight is 259 g/mol. The molecule has 0 aliphatic heterocycles. The number of hydrogen-bond acceptors (Lipinski definition) is 3. The third kappa shape index (κ3) is 3.44. The molecule has 0 aliphatic rings. The number of rotatable bonds is 5. The van der Waals surface area contributed by atoms with Crippen LogP contribution in [-0.2, 0) is 5.75 Å². The number of ether oxygens (including phenoxy) is 1. The van der Waals surface area contributed by atoms with Gasteiger partial charge in [-0.1, -0.05) is 24.3 Å². The first kappa shape index (κ1) is 12.8. The lowest BCUT2D eigenvalue weighted by atomic mass is 10.2. The summed E-state index contributed by atoms with van der Waals surface area (Å²) in [6.07, 6.45) is 0. The molecular weight excluding hydrogens is 242 g/mol. The lowest BCUT2D eigenvalue weighted by Gasteiger charge is -2.06. The molecule has 2 aromatic carbocycles. The van der Waals surface area contributed by atoms with Crippen molar-refractivity contribution in [2.24, 2.45) is 0 Å². The summed E-state index contributed by atoms with van der Waals surface area (Å²) in [4.78, 5) is 1.13. The first-order valence-electron chi connectivity index (χ1n) is 5.98. The Morgan fingerprint density at radius 3 is 2.44 bits per heavy atom. The van der Waals surface area contributed by atoms with Crippen LogP contribution in [0.2, 0.25) is 0 Å². The Morgan fingerprint density at radius 1 is 1.06 bits per heavy atom. The molecule has 2 aromatic rings. The van der Waals surface area contributed by atoms with Crippen LogP contribution in [0, 0.1) is 0 Å². The Bertz CT molecular complexity index is 496. The summed E-state index contributed by atoms with van der Waals surface area (Å²) in [6.45, 7) is 2.69. The van der Waals surface area contributed by atoms with E-state index in [0.717, 1.165) is 22.1 Å². The Labute approximate surface area is 112 Å². The minimum atomic E-state index is 0.703. The van der Waals surface area contributed by atoms with Gasteiger partial charge in [-0.05, 0) is 36.8 Å². The minimum Gasteiger partial charge on any atom is -0.494 e. The zero-order chi connectivity index (χ0) is 12.8. The summed E-state index contributed by atoms with van der Waals surface area (Å²) in [5.41, 5.74) is 8.02. The van der Waals surface area contributed by atoms with E-state index in [1.54, 1.807) is 11.8 Å². The van der Waals surface area contributed by atoms with Crippen molar-refractivity contribution in [3.05, 3.63) is 54.1 Å². The van der Waals surface area contributed by atoms with Gasteiger partial charge in [0.05, 0.1) is 6.61 Å². The van der Waals surface area contributed by atoms with E-state index in [1.807, 2.05) is 37.3 Å². The molecule has 2 rings (SSSR count). The molecule has 0 aliphatic carbocycles. The smallest absolute Gasteiger partial charge is 0.119 e. The molecule has 0 aromatic heterocycles. The largest absolute Gasteiger partial charge is 0.494 e. The van der Waals surface area contributed by atoms with E-state index in [9.17, 15) is 0 Å². The molecule has 2 N–H and O–H groups in total. The maximum Gasteiger partial charge on any atom is 0.119 e. The fraction of sp³-hybridized carbons (Fsp3) is 0.200. The minimum absolute atomic E-state index is 0.703. The summed E-state index contributed by atoms with van der Waals surface area (Å²) in [5.74, 6) is 1.84. The molecule has 0 spiro atoms. The van der Waals surface area contributed by atoms with Crippen LogP contribution in [0.25, 0.3) is 0 Å². The van der Waals surface area contributed by atoms with Crippen LogP contribution in [0.1, 0.15) is 12.5 Å². The lowest BCUT2D eigenvalue weighted by Crippen LogP contribution is -1.91. The van der Waals surface area contributed by atoms with Crippen LogP contribution >= 0.6 is 11.8 Å². The average Bonchev–Trinajstić information content (AvgIpc) is 2.40. The third-order valence-electron chi connectivity index (χ3n) is 2.55. The van der Waals surface area contributed by atoms with Gasteiger partial charge in [-0.25, -0.2) is 0 Å². The second-order valence-electron chi connectivity index (χ2n) is 3.90. The van der Waals surface area contributed by atoms with E-state index in [-0.39, 0.29) is 0 Å². The molecule has 0 heterocycles. The molecule has 94 valence electrons. The predicted octanol–water partition coefficient (Wildman–Crippen LogP) is 3.96. The van der Waals surface area contributed by atoms with Crippen LogP contribution < -0.4 is 10.5 Å². The van der Waals surface area contributed by atoms with Crippen molar-refractivity contribution in [2.75, 3.05) is 12.3 Å². The van der Waals surface area contributed by atoms with Crippen molar-refractivity contribution >= 4 is 17.4 Å². The van der Waals surface area contributed by atoms with Crippen molar-refractivity contribution in [2.45, 2.75) is 17.6 Å². The van der Waals surface area contributed by atoms with E-state index in [2.05, 4.69) is 18.2 Å². The fourth-order valence-electron chi connectivity index (χ4n) is 1.62. The van der Waals surface area contributed by atoms with Crippen LogP contribution in [0.3, 0.4) is 0 Å². The quantitative estimate of drug-likeness (QED) is 0.652. The molecule has 0 bridgehead atoms. The number of thioether (sulfide) groups is 1. The van der Waals surface area contributed by atoms with Gasteiger partial charge < -0.3 is 10.5 Å². The number of para-hydroxylation sites is 1. The molecule has 2 nitrogen and oxygen atoms in total. The summed E-state index contributed by atoms with van der Waals surface area (Å²) in [5, 5.41) is 0. The number of benzene rings is 2. The Morgan fingerprint density at radius 2 is 1.78 bits per heavy atom. The fourth-order valence-corrected chi connectivity index (χ4v) is 2.55. The summed E-state index contributed by atoms with van der Waals surface area (Å²) in [6, 6.07) is 16.2. The van der Waals surface area contributed by atoms with E-state index in [1.165, 1.54) is 5.56 Å². The monoisotopic (exact) mass is 259 g/mol. The van der Waals surface area contributed by atoms with Crippen molar-refractivity contribution in [3.63, 3.8) is 0 Å². The van der Waals surface area contributed by atoms with Gasteiger partial charge in [0, 0.05) is 16.3 Å². The highest BCUT2D eigenvalue weighted by Gasteiger charge is 2.00. The molecule has 0 amide bonds. The molecule has 0 atom stereocenters. The maximum absolute atomic E-state index is 5.91. The first-order chi connectivity index (χ1) is 8.79. The maximum atomic E-state index is 5.91. The molecule has 0 saturated carbocycles. The lowest BCUT2D eigenvalue weighted by molar-refractivity contribution is 0.340. The topological polar surface area (TPSA) is 35.2 Å². The van der Waals surface area contributed by atoms with Crippen molar-refractivity contribution in [1.82, 2.24) is 0 Å². The zero-order valence-electron chi connectivity index (χ0n) is 10.4. The normalized spacial score (nSPS) is 10.3. The summed E-state index contributed by atoms with van der Waals surface area (Å²) in [7, 11) is 0. The van der Waals surface area contributed by atoms with Crippen molar-refractivity contribution < 1.29 is 4.74 Å². The molecule has 0 saturated heterocycles. The Balaban J connectivity index is 1.96. The first-order valence-corrected chi connectivity index (χ1v) is 6.97. The second-order valence-corrected chi connectivity index (χ2v) is 4.92. The molecule has 0 fully saturated rings. The number of anilines is 1. The predicted molar refractivity (Wildman–Crippen MR) is 78.0 cm³/mol. The van der Waals surface area contributed by atoms with Gasteiger partial charge in [0.25, 0.3) is 0 Å². The van der Waals surface area contributed by atoms with Crippen LogP contribution in [0.4, 0.5) is 5.69 Å². The van der Waals surface area contributed by atoms with Crippen molar-refractivity contribution in [1.29, 1.82) is 0 Å². The van der Waals surface area contributed by atoms with E-state index in [0.29, 0.717) is 6.61 Å². The van der Waals surface area contributed by atoms with Crippen molar-refractivity contribution in [3.8, 4) is 5.75 Å². The van der Waals surface area contributed by atoms with E-state index < -0.39 is 0 Å². The Hall–Kier alpha value is -1.61. The standard InChI is InChI=1S/C15H17NOS/c1-2-17-13-9-7-12(8-10-13)11-18-15-6-4-3-5-14(15)16/h3-10H,2,11,16H2,1H3. The zero-order valence-corrected chi connectivity index (χ0v) is 11.2. The van der Waals surface area contributed by atoms with Gasteiger partial charge in [-0.15, -0.1) is 11.8 Å². The number of hydrogen-bond donors (Lipinski definition) is 1. The van der Waals surface area contributed by atoms with Gasteiger partial charge >= 0.3 is 0 Å². The van der Waals surface area contributed by atoms with Gasteiger partial charge in [-0.2, -0.15) is 0 Å². The van der Waals surface area contributed by atoms with Crippen LogP contribution in [0.5, 0.6) is 5.75 Å². The van der Waals surface area contributed by atoms with Gasteiger partial charge in [0.1, 0.15) is 5.75 Å². The highest BCUT2D eigenvalue weighted by Crippen LogP contribution is 2.28. The summed E-state index contributed by atoms with van der Waals surface area (Å²) < 4.78 is 5.42. The van der Waals surface area contributed by atoms with Gasteiger partial charge in [0.15, 0.2) is 0 Å². The molecular formula is C15H17NOS. The summed E-state index contributed by atoms with van der Waals surface area (Å²) >= 11 is 1.75. The highest BCUT2D eigenvalue weighted by atomic mass is 32.2. The molecule has 18 heavy (non-hydrogen) atoms. The van der Waals surface area contributed by atoms with Crippen LogP contribution in [-0.4, -0.2) is 6.61 Å². The van der Waals surface area contributed by atoms with E-state index in [4.69, 9.17) is 10.5 Å². The SMILES string of the molecule is CCOc1ccc(CSc2ccccc2N)cc1. The number of nitrogen functional groups attached to an aromatic ring is 1. The Kier molecular flexibility index (Phi) is 4.53.